The molecule has 0 spiro atoms. The van der Waals surface area contributed by atoms with Crippen LogP contribution in [0.2, 0.25) is 0 Å². The molecule has 0 aliphatic heterocycles. The van der Waals surface area contributed by atoms with Gasteiger partial charge in [-0.2, -0.15) is 13.4 Å². The molecule has 82 valence electrons. The topological polar surface area (TPSA) is 119 Å². The predicted octanol–water partition coefficient (Wildman–Crippen LogP) is 0.309. The zero-order chi connectivity index (χ0) is 11.5. The summed E-state index contributed by atoms with van der Waals surface area (Å²) in [5, 5.41) is 0. The highest BCUT2D eigenvalue weighted by molar-refractivity contribution is 7.85. The molecule has 0 bridgehead atoms. The van der Waals surface area contributed by atoms with Gasteiger partial charge < -0.3 is 10.2 Å². The van der Waals surface area contributed by atoms with Gasteiger partial charge in [0.1, 0.15) is 5.52 Å². The van der Waals surface area contributed by atoms with E-state index in [2.05, 4.69) is 9.97 Å². The number of anilines is 1. The Labute approximate surface area is 85.7 Å². The monoisotopic (exact) mass is 231 g/mol. The first kappa shape index (κ1) is 11.4. The van der Waals surface area contributed by atoms with Crippen LogP contribution in [0.1, 0.15) is 0 Å². The van der Waals surface area contributed by atoms with E-state index < -0.39 is 10.1 Å². The van der Waals surface area contributed by atoms with Gasteiger partial charge in [0.2, 0.25) is 5.71 Å². The number of nitrogens with zero attached hydrogens (tertiary/aromatic N) is 2. The van der Waals surface area contributed by atoms with Crippen LogP contribution in [0, 0.1) is 0 Å². The highest BCUT2D eigenvalue weighted by Gasteiger charge is 1.99. The minimum atomic E-state index is -3.67. The van der Waals surface area contributed by atoms with Crippen LogP contribution >= 0.6 is 0 Å². The summed E-state index contributed by atoms with van der Waals surface area (Å²) in [5.41, 5.74) is 6.45. The van der Waals surface area contributed by atoms with E-state index in [-0.39, 0.29) is 6.01 Å². The minimum absolute atomic E-state index is 0.161. The first-order valence-electron chi connectivity index (χ1n) is 3.76. The van der Waals surface area contributed by atoms with Crippen LogP contribution in [0.15, 0.2) is 22.7 Å². The van der Waals surface area contributed by atoms with Crippen LogP contribution in [0.4, 0.5) is 6.01 Å². The Balaban J connectivity index is 0.000000195. The average Bonchev–Trinajstić information content (AvgIpc) is 2.40. The lowest BCUT2D eigenvalue weighted by Crippen LogP contribution is -1.88. The molecule has 0 aliphatic rings. The number of hydrogen-bond acceptors (Lipinski definition) is 6. The van der Waals surface area contributed by atoms with E-state index in [0.29, 0.717) is 17.5 Å². The fraction of sp³-hybridized carbons (Fsp3) is 0.143. The molecule has 0 atom stereocenters. The first-order chi connectivity index (χ1) is 6.86. The van der Waals surface area contributed by atoms with Crippen molar-refractivity contribution in [2.24, 2.45) is 0 Å². The maximum atomic E-state index is 9.19. The van der Waals surface area contributed by atoms with Crippen LogP contribution in [0.3, 0.4) is 0 Å². The largest absolute Gasteiger partial charge is 0.405 e. The van der Waals surface area contributed by atoms with E-state index >= 15 is 0 Å². The van der Waals surface area contributed by atoms with Crippen LogP contribution in [0.5, 0.6) is 0 Å². The van der Waals surface area contributed by atoms with Crippen LogP contribution in [-0.4, -0.2) is 29.2 Å². The summed E-state index contributed by atoms with van der Waals surface area (Å²) >= 11 is 0. The Bertz CT molecular complexity index is 507. The molecule has 3 N–H and O–H groups in total. The average molecular weight is 231 g/mol. The molecule has 0 radical (unpaired) electrons. The third kappa shape index (κ3) is 4.38. The lowest BCUT2D eigenvalue weighted by atomic mass is 10.5. The van der Waals surface area contributed by atoms with Gasteiger partial charge in [-0.15, -0.1) is 0 Å². The van der Waals surface area contributed by atoms with E-state index in [1.54, 1.807) is 18.3 Å². The maximum absolute atomic E-state index is 9.19. The molecule has 2 aromatic heterocycles. The molecule has 2 rings (SSSR count). The molecule has 0 saturated carbocycles. The Morgan fingerprint density at radius 1 is 1.53 bits per heavy atom. The number of fused-ring (bicyclic) bond motifs is 1. The molecule has 0 fully saturated rings. The summed E-state index contributed by atoms with van der Waals surface area (Å²) < 4.78 is 30.8. The second-order valence-corrected chi connectivity index (χ2v) is 4.08. The number of nitrogens with two attached hydrogens (primary N) is 1. The summed E-state index contributed by atoms with van der Waals surface area (Å²) in [6.45, 7) is 0. The number of hydrogen-bond donors (Lipinski definition) is 2. The standard InChI is InChI=1S/C6H5N3O.CH4O3S/c7-6-9-4-2-1-3-8-5(4)10-6;1-5(2,3)4/h1-3H,(H2,7,9);1H3,(H,2,3,4). The zero-order valence-corrected chi connectivity index (χ0v) is 8.60. The van der Waals surface area contributed by atoms with Crippen molar-refractivity contribution in [1.82, 2.24) is 9.97 Å². The first-order valence-corrected chi connectivity index (χ1v) is 5.60. The van der Waals surface area contributed by atoms with Crippen molar-refractivity contribution >= 4 is 27.4 Å². The molecule has 0 aromatic carbocycles. The number of nitrogen functional groups attached to an aromatic ring is 1. The Kier molecular flexibility index (Phi) is 3.22. The van der Waals surface area contributed by atoms with Crippen LogP contribution in [-0.2, 0) is 10.1 Å². The number of rotatable bonds is 0. The molecule has 0 amide bonds. The van der Waals surface area contributed by atoms with Crippen molar-refractivity contribution in [2.45, 2.75) is 0 Å². The van der Waals surface area contributed by atoms with Crippen LogP contribution in [0.25, 0.3) is 11.2 Å². The van der Waals surface area contributed by atoms with Gasteiger partial charge in [0.15, 0.2) is 0 Å². The Hall–Kier alpha value is -1.67. The van der Waals surface area contributed by atoms with Gasteiger partial charge in [-0.05, 0) is 12.1 Å². The van der Waals surface area contributed by atoms with Gasteiger partial charge in [0.05, 0.1) is 6.26 Å². The third-order valence-corrected chi connectivity index (χ3v) is 1.18. The van der Waals surface area contributed by atoms with Crippen molar-refractivity contribution in [3.8, 4) is 0 Å². The fourth-order valence-electron chi connectivity index (χ4n) is 0.787. The molecule has 2 aromatic rings. The van der Waals surface area contributed by atoms with Crippen molar-refractivity contribution in [3.05, 3.63) is 18.3 Å². The van der Waals surface area contributed by atoms with Gasteiger partial charge in [-0.25, -0.2) is 4.98 Å². The summed E-state index contributed by atoms with van der Waals surface area (Å²) in [4.78, 5) is 7.75. The molecule has 7 nitrogen and oxygen atoms in total. The van der Waals surface area contributed by atoms with Crippen molar-refractivity contribution < 1.29 is 17.4 Å². The van der Waals surface area contributed by atoms with Gasteiger partial charge in [0.25, 0.3) is 16.1 Å². The second kappa shape index (κ2) is 4.24. The number of aromatic nitrogens is 2. The highest BCUT2D eigenvalue weighted by Crippen LogP contribution is 2.11. The number of oxazole rings is 1. The molecule has 15 heavy (non-hydrogen) atoms. The molecular weight excluding hydrogens is 222 g/mol. The fourth-order valence-corrected chi connectivity index (χ4v) is 0.787. The molecule has 2 heterocycles. The second-order valence-electron chi connectivity index (χ2n) is 2.61. The number of pyridine rings is 1. The van der Waals surface area contributed by atoms with Gasteiger partial charge in [-0.1, -0.05) is 0 Å². The summed E-state index contributed by atoms with van der Waals surface area (Å²) in [6, 6.07) is 3.74. The maximum Gasteiger partial charge on any atom is 0.294 e. The molecule has 8 heteroatoms. The minimum Gasteiger partial charge on any atom is -0.405 e. The molecule has 0 aliphatic carbocycles. The highest BCUT2D eigenvalue weighted by atomic mass is 32.2. The van der Waals surface area contributed by atoms with Crippen LogP contribution < -0.4 is 5.73 Å². The van der Waals surface area contributed by atoms with E-state index in [1.807, 2.05) is 0 Å². The SMILES string of the molecule is CS(=O)(=O)O.Nc1nc2cccnc2o1. The molecule has 0 unspecified atom stereocenters. The summed E-state index contributed by atoms with van der Waals surface area (Å²) in [6.07, 6.45) is 2.35. The lowest BCUT2D eigenvalue weighted by molar-refractivity contribution is 0.490. The van der Waals surface area contributed by atoms with Gasteiger partial charge >= 0.3 is 0 Å². The predicted molar refractivity (Wildman–Crippen MR) is 53.7 cm³/mol. The van der Waals surface area contributed by atoms with E-state index in [0.717, 1.165) is 0 Å². The third-order valence-electron chi connectivity index (χ3n) is 1.18. The Morgan fingerprint density at radius 2 is 2.13 bits per heavy atom. The van der Waals surface area contributed by atoms with E-state index in [9.17, 15) is 8.42 Å². The Morgan fingerprint density at radius 3 is 2.67 bits per heavy atom. The quantitative estimate of drug-likeness (QED) is 0.626. The van der Waals surface area contributed by atoms with Crippen molar-refractivity contribution in [3.63, 3.8) is 0 Å². The molecular formula is C7H9N3O4S. The summed E-state index contributed by atoms with van der Waals surface area (Å²) in [5.74, 6) is 0. The normalized spacial score (nSPS) is 10.8. The smallest absolute Gasteiger partial charge is 0.294 e. The van der Waals surface area contributed by atoms with Crippen molar-refractivity contribution in [1.29, 1.82) is 0 Å². The van der Waals surface area contributed by atoms with Gasteiger partial charge in [-0.3, -0.25) is 4.55 Å². The summed E-state index contributed by atoms with van der Waals surface area (Å²) in [7, 11) is -3.67. The van der Waals surface area contributed by atoms with E-state index in [1.165, 1.54) is 0 Å². The van der Waals surface area contributed by atoms with Crippen molar-refractivity contribution in [2.75, 3.05) is 12.0 Å². The van der Waals surface area contributed by atoms with E-state index in [4.69, 9.17) is 14.7 Å². The lowest BCUT2D eigenvalue weighted by Gasteiger charge is -1.78. The van der Waals surface area contributed by atoms with Gasteiger partial charge in [0, 0.05) is 6.20 Å². The molecule has 0 saturated heterocycles. The zero-order valence-electron chi connectivity index (χ0n) is 7.78.